The Hall–Kier alpha value is -2.34. The fourth-order valence-electron chi connectivity index (χ4n) is 5.39. The van der Waals surface area contributed by atoms with E-state index >= 15 is 0 Å². The number of nitrogens with zero attached hydrogens (tertiary/aromatic N) is 4. The first-order valence-corrected chi connectivity index (χ1v) is 11.8. The number of rotatable bonds is 7. The molecule has 1 aromatic carbocycles. The van der Waals surface area contributed by atoms with Crippen molar-refractivity contribution in [1.82, 2.24) is 25.3 Å². The van der Waals surface area contributed by atoms with E-state index in [0.717, 1.165) is 32.0 Å². The van der Waals surface area contributed by atoms with Crippen LogP contribution in [0.25, 0.3) is 0 Å². The average Bonchev–Trinajstić information content (AvgIpc) is 3.52. The number of likely N-dealkylation sites (tertiary alicyclic amines) is 1. The fraction of sp³-hybridized carbons (Fsp3) is 0.600. The molecule has 1 saturated heterocycles. The van der Waals surface area contributed by atoms with E-state index in [4.69, 9.17) is 0 Å². The second-order valence-corrected chi connectivity index (χ2v) is 9.49. The number of guanidine groups is 1. The van der Waals surface area contributed by atoms with Gasteiger partial charge in [0.1, 0.15) is 0 Å². The normalized spacial score (nSPS) is 22.1. The van der Waals surface area contributed by atoms with Crippen molar-refractivity contribution in [2.45, 2.75) is 57.0 Å². The molecule has 2 N–H and O–H groups in total. The Labute approximate surface area is 187 Å². The van der Waals surface area contributed by atoms with Gasteiger partial charge in [-0.15, -0.1) is 0 Å². The molecule has 1 aliphatic carbocycles. The molecule has 1 aliphatic heterocycles. The second kappa shape index (κ2) is 9.86. The lowest BCUT2D eigenvalue weighted by atomic mass is 9.94. The smallest absolute Gasteiger partial charge is 0.193 e. The molecule has 2 fully saturated rings. The van der Waals surface area contributed by atoms with Crippen LogP contribution in [0.4, 0.5) is 0 Å². The van der Waals surface area contributed by atoms with Crippen LogP contribution in [-0.2, 0) is 13.5 Å². The van der Waals surface area contributed by atoms with Gasteiger partial charge in [-0.1, -0.05) is 43.2 Å². The second-order valence-electron chi connectivity index (χ2n) is 9.49. The highest BCUT2D eigenvalue weighted by atomic mass is 15.3. The fourth-order valence-corrected chi connectivity index (χ4v) is 5.39. The molecular weight excluding hydrogens is 384 g/mol. The first kappa shape index (κ1) is 21.9. The van der Waals surface area contributed by atoms with Crippen molar-refractivity contribution < 1.29 is 0 Å². The van der Waals surface area contributed by atoms with Gasteiger partial charge in [0, 0.05) is 51.5 Å². The topological polar surface area (TPSA) is 57.5 Å². The van der Waals surface area contributed by atoms with Gasteiger partial charge in [-0.25, -0.2) is 0 Å². The molecule has 31 heavy (non-hydrogen) atoms. The van der Waals surface area contributed by atoms with E-state index in [1.165, 1.54) is 43.2 Å². The Morgan fingerprint density at radius 2 is 2.03 bits per heavy atom. The minimum Gasteiger partial charge on any atom is -0.354 e. The van der Waals surface area contributed by atoms with Gasteiger partial charge in [-0.05, 0) is 49.7 Å². The van der Waals surface area contributed by atoms with E-state index < -0.39 is 0 Å². The summed E-state index contributed by atoms with van der Waals surface area (Å²) < 4.78 is 1.90. The molecule has 0 spiro atoms. The Bertz CT molecular complexity index is 852. The standard InChI is InChI=1S/C25H38N6/c1-20(23-9-5-4-6-10-23)29-25(12-7-8-13-25)19-27-24(26-2)31-14-11-21(18-31)15-22-16-28-30(3)17-22/h4-6,9-10,16-17,20-21,29H,7-8,11-15,18-19H2,1-3H3,(H,26,27). The summed E-state index contributed by atoms with van der Waals surface area (Å²) in [5.74, 6) is 1.72. The zero-order chi connectivity index (χ0) is 21.7. The van der Waals surface area contributed by atoms with Crippen molar-refractivity contribution in [3.8, 4) is 0 Å². The zero-order valence-electron chi connectivity index (χ0n) is 19.3. The van der Waals surface area contributed by atoms with Gasteiger partial charge in [0.25, 0.3) is 0 Å². The lowest BCUT2D eigenvalue weighted by Crippen LogP contribution is -2.54. The van der Waals surface area contributed by atoms with E-state index in [0.29, 0.717) is 12.0 Å². The molecule has 2 aliphatic rings. The van der Waals surface area contributed by atoms with Gasteiger partial charge in [0.2, 0.25) is 0 Å². The Morgan fingerprint density at radius 3 is 2.71 bits per heavy atom. The summed E-state index contributed by atoms with van der Waals surface area (Å²) in [4.78, 5) is 7.07. The molecule has 168 valence electrons. The highest BCUT2D eigenvalue weighted by molar-refractivity contribution is 5.80. The molecule has 1 aromatic heterocycles. The molecule has 2 atom stereocenters. The van der Waals surface area contributed by atoms with Crippen LogP contribution in [0, 0.1) is 5.92 Å². The number of hydrogen-bond donors (Lipinski definition) is 2. The van der Waals surface area contributed by atoms with Crippen molar-refractivity contribution in [3.05, 3.63) is 53.9 Å². The Morgan fingerprint density at radius 1 is 1.26 bits per heavy atom. The van der Waals surface area contributed by atoms with E-state index in [-0.39, 0.29) is 5.54 Å². The molecule has 1 saturated carbocycles. The van der Waals surface area contributed by atoms with Crippen LogP contribution in [0.15, 0.2) is 47.7 Å². The quantitative estimate of drug-likeness (QED) is 0.529. The van der Waals surface area contributed by atoms with E-state index in [2.05, 4.69) is 69.1 Å². The van der Waals surface area contributed by atoms with Crippen LogP contribution >= 0.6 is 0 Å². The third-order valence-electron chi connectivity index (χ3n) is 7.05. The summed E-state index contributed by atoms with van der Waals surface area (Å²) in [7, 11) is 3.90. The summed E-state index contributed by atoms with van der Waals surface area (Å²) in [5, 5.41) is 12.0. The third kappa shape index (κ3) is 5.48. The molecule has 0 amide bonds. The van der Waals surface area contributed by atoms with Gasteiger partial charge in [0.15, 0.2) is 5.96 Å². The minimum absolute atomic E-state index is 0.139. The first-order chi connectivity index (χ1) is 15.1. The van der Waals surface area contributed by atoms with Crippen LogP contribution < -0.4 is 10.6 Å². The maximum atomic E-state index is 4.63. The van der Waals surface area contributed by atoms with Gasteiger partial charge in [0.05, 0.1) is 6.20 Å². The zero-order valence-corrected chi connectivity index (χ0v) is 19.3. The van der Waals surface area contributed by atoms with Crippen molar-refractivity contribution in [1.29, 1.82) is 0 Å². The lowest BCUT2D eigenvalue weighted by molar-refractivity contribution is 0.293. The number of benzene rings is 1. The first-order valence-electron chi connectivity index (χ1n) is 11.8. The third-order valence-corrected chi connectivity index (χ3v) is 7.05. The lowest BCUT2D eigenvalue weighted by Gasteiger charge is -2.35. The molecule has 2 heterocycles. The summed E-state index contributed by atoms with van der Waals surface area (Å²) in [6.45, 7) is 5.36. The predicted molar refractivity (Wildman–Crippen MR) is 127 cm³/mol. The van der Waals surface area contributed by atoms with E-state index in [9.17, 15) is 0 Å². The highest BCUT2D eigenvalue weighted by Crippen LogP contribution is 2.32. The Balaban J connectivity index is 1.33. The van der Waals surface area contributed by atoms with E-state index in [1.54, 1.807) is 0 Å². The maximum absolute atomic E-state index is 4.63. The molecule has 0 radical (unpaired) electrons. The van der Waals surface area contributed by atoms with Gasteiger partial charge in [-0.3, -0.25) is 9.67 Å². The molecule has 6 heteroatoms. The minimum atomic E-state index is 0.139. The molecular formula is C25H38N6. The predicted octanol–water partition coefficient (Wildman–Crippen LogP) is 3.52. The maximum Gasteiger partial charge on any atom is 0.193 e. The van der Waals surface area contributed by atoms with Crippen molar-refractivity contribution >= 4 is 5.96 Å². The van der Waals surface area contributed by atoms with Gasteiger partial charge >= 0.3 is 0 Å². The largest absolute Gasteiger partial charge is 0.354 e. The van der Waals surface area contributed by atoms with Crippen LogP contribution in [0.5, 0.6) is 0 Å². The summed E-state index contributed by atoms with van der Waals surface area (Å²) in [5.41, 5.74) is 2.83. The van der Waals surface area contributed by atoms with Gasteiger partial charge < -0.3 is 15.5 Å². The number of aliphatic imine (C=N–C) groups is 1. The van der Waals surface area contributed by atoms with Crippen LogP contribution in [0.2, 0.25) is 0 Å². The molecule has 2 unspecified atom stereocenters. The molecule has 2 aromatic rings. The van der Waals surface area contributed by atoms with Crippen molar-refractivity contribution in [2.24, 2.45) is 18.0 Å². The Kier molecular flexibility index (Phi) is 6.96. The molecule has 4 rings (SSSR count). The van der Waals surface area contributed by atoms with Crippen LogP contribution in [-0.4, -0.2) is 52.9 Å². The van der Waals surface area contributed by atoms with Crippen LogP contribution in [0.1, 0.15) is 56.2 Å². The number of hydrogen-bond acceptors (Lipinski definition) is 3. The molecule has 6 nitrogen and oxygen atoms in total. The number of aromatic nitrogens is 2. The summed E-state index contributed by atoms with van der Waals surface area (Å²) >= 11 is 0. The SMILES string of the molecule is CN=C(NCC1(NC(C)c2ccccc2)CCCC1)N1CCC(Cc2cnn(C)c2)C1. The average molecular weight is 423 g/mol. The highest BCUT2D eigenvalue weighted by Gasteiger charge is 2.36. The number of nitrogens with one attached hydrogen (secondary N) is 2. The number of aryl methyl sites for hydroxylation is 1. The van der Waals surface area contributed by atoms with Crippen LogP contribution in [0.3, 0.4) is 0 Å². The van der Waals surface area contributed by atoms with E-state index in [1.807, 2.05) is 25.0 Å². The van der Waals surface area contributed by atoms with Crippen molar-refractivity contribution in [3.63, 3.8) is 0 Å². The van der Waals surface area contributed by atoms with Gasteiger partial charge in [-0.2, -0.15) is 5.10 Å². The monoisotopic (exact) mass is 422 g/mol. The summed E-state index contributed by atoms with van der Waals surface area (Å²) in [6.07, 6.45) is 11.5. The molecule has 0 bridgehead atoms. The van der Waals surface area contributed by atoms with Crippen molar-refractivity contribution in [2.75, 3.05) is 26.7 Å². The summed E-state index contributed by atoms with van der Waals surface area (Å²) in [6, 6.07) is 11.1.